The lowest BCUT2D eigenvalue weighted by Gasteiger charge is -2.10. The summed E-state index contributed by atoms with van der Waals surface area (Å²) in [4.78, 5) is 11.8. The summed E-state index contributed by atoms with van der Waals surface area (Å²) < 4.78 is 34.5. The first-order valence-electron chi connectivity index (χ1n) is 7.50. The van der Waals surface area contributed by atoms with Crippen molar-refractivity contribution >= 4 is 11.6 Å². The van der Waals surface area contributed by atoms with Crippen molar-refractivity contribution in [2.24, 2.45) is 5.10 Å². The van der Waals surface area contributed by atoms with Crippen molar-refractivity contribution in [2.45, 2.75) is 13.5 Å². The van der Waals surface area contributed by atoms with Crippen LogP contribution < -0.4 is 14.9 Å². The normalized spacial score (nSPS) is 11.0. The Hall–Kier alpha value is -3.47. The van der Waals surface area contributed by atoms with Gasteiger partial charge in [0, 0.05) is 5.56 Å². The van der Waals surface area contributed by atoms with Crippen LogP contribution in [0.5, 0.6) is 11.5 Å². The predicted octanol–water partition coefficient (Wildman–Crippen LogP) is 3.08. The van der Waals surface area contributed by atoms with Crippen LogP contribution in [0.2, 0.25) is 0 Å². The highest BCUT2D eigenvalue weighted by atomic mass is 19.3. The van der Waals surface area contributed by atoms with Crippen molar-refractivity contribution in [3.8, 4) is 17.6 Å². The number of ether oxygens (including phenoxy) is 2. The monoisotopic (exact) mass is 359 g/mol. The number of hydrogen-bond acceptors (Lipinski definition) is 5. The average molecular weight is 359 g/mol. The van der Waals surface area contributed by atoms with Gasteiger partial charge >= 0.3 is 6.61 Å². The van der Waals surface area contributed by atoms with E-state index in [1.807, 2.05) is 6.07 Å². The summed E-state index contributed by atoms with van der Waals surface area (Å²) in [6.45, 7) is -1.70. The quantitative estimate of drug-likeness (QED) is 0.608. The van der Waals surface area contributed by atoms with Crippen LogP contribution in [0.15, 0.2) is 53.6 Å². The maximum absolute atomic E-state index is 12.4. The number of nitrogens with zero attached hydrogens (tertiary/aromatic N) is 2. The van der Waals surface area contributed by atoms with E-state index in [2.05, 4.69) is 15.3 Å². The number of para-hydroxylation sites is 1. The molecule has 0 saturated heterocycles. The van der Waals surface area contributed by atoms with Gasteiger partial charge in [0.2, 0.25) is 0 Å². The second kappa shape index (κ2) is 9.13. The molecule has 1 amide bonds. The minimum atomic E-state index is -2.96. The van der Waals surface area contributed by atoms with Gasteiger partial charge in [0.05, 0.1) is 17.3 Å². The summed E-state index contributed by atoms with van der Waals surface area (Å²) in [5.41, 5.74) is 3.39. The molecule has 6 nitrogen and oxygen atoms in total. The minimum Gasteiger partial charge on any atom is -0.484 e. The number of rotatable bonds is 7. The lowest BCUT2D eigenvalue weighted by atomic mass is 10.1. The molecule has 2 rings (SSSR count). The Morgan fingerprint density at radius 2 is 1.92 bits per heavy atom. The molecule has 0 aliphatic carbocycles. The van der Waals surface area contributed by atoms with Crippen molar-refractivity contribution in [1.82, 2.24) is 5.43 Å². The number of carbonyl (C=O) groups excluding carboxylic acids is 1. The molecule has 0 spiro atoms. The van der Waals surface area contributed by atoms with Crippen LogP contribution in [0, 0.1) is 11.3 Å². The van der Waals surface area contributed by atoms with Crippen LogP contribution in [0.4, 0.5) is 8.78 Å². The molecule has 0 aromatic heterocycles. The number of nitriles is 1. The lowest BCUT2D eigenvalue weighted by Crippen LogP contribution is -2.25. The largest absolute Gasteiger partial charge is 0.484 e. The van der Waals surface area contributed by atoms with Gasteiger partial charge in [-0.1, -0.05) is 12.1 Å². The molecule has 8 heteroatoms. The minimum absolute atomic E-state index is 0.0353. The van der Waals surface area contributed by atoms with E-state index in [0.29, 0.717) is 22.6 Å². The molecule has 0 heterocycles. The Labute approximate surface area is 148 Å². The summed E-state index contributed by atoms with van der Waals surface area (Å²) in [6.07, 6.45) is 0. The van der Waals surface area contributed by atoms with Crippen LogP contribution in [-0.2, 0) is 4.79 Å². The standard InChI is InChI=1S/C18H15F2N3O3/c1-12(15-4-2-3-5-16(15)26-18(19)20)22-23-17(24)11-25-14-8-6-13(10-21)7-9-14/h2-9,18H,11H2,1H3,(H,23,24)/b22-12+. The average Bonchev–Trinajstić information content (AvgIpc) is 2.64. The molecule has 0 unspecified atom stereocenters. The number of carbonyl (C=O) groups is 1. The summed E-state index contributed by atoms with van der Waals surface area (Å²) in [6, 6.07) is 14.4. The Kier molecular flexibility index (Phi) is 6.62. The second-order valence-electron chi connectivity index (χ2n) is 5.03. The van der Waals surface area contributed by atoms with Crippen LogP contribution in [0.25, 0.3) is 0 Å². The van der Waals surface area contributed by atoms with Crippen molar-refractivity contribution < 1.29 is 23.0 Å². The molecule has 1 N–H and O–H groups in total. The van der Waals surface area contributed by atoms with E-state index in [0.717, 1.165) is 0 Å². The van der Waals surface area contributed by atoms with Crippen LogP contribution >= 0.6 is 0 Å². The van der Waals surface area contributed by atoms with Crippen LogP contribution in [0.3, 0.4) is 0 Å². The molecule has 134 valence electrons. The van der Waals surface area contributed by atoms with E-state index >= 15 is 0 Å². The van der Waals surface area contributed by atoms with Gasteiger partial charge in [-0.25, -0.2) is 5.43 Å². The van der Waals surface area contributed by atoms with Crippen molar-refractivity contribution in [3.63, 3.8) is 0 Å². The van der Waals surface area contributed by atoms with Gasteiger partial charge in [0.25, 0.3) is 5.91 Å². The number of alkyl halides is 2. The zero-order valence-electron chi connectivity index (χ0n) is 13.8. The van der Waals surface area contributed by atoms with Crippen molar-refractivity contribution in [3.05, 3.63) is 59.7 Å². The van der Waals surface area contributed by atoms with E-state index in [1.54, 1.807) is 49.4 Å². The SMILES string of the molecule is C/C(=N\NC(=O)COc1ccc(C#N)cc1)c1ccccc1OC(F)F. The number of amides is 1. The van der Waals surface area contributed by atoms with Gasteiger partial charge < -0.3 is 9.47 Å². The maximum Gasteiger partial charge on any atom is 0.387 e. The zero-order valence-corrected chi connectivity index (χ0v) is 13.8. The second-order valence-corrected chi connectivity index (χ2v) is 5.03. The Bertz CT molecular complexity index is 830. The molecule has 0 saturated carbocycles. The van der Waals surface area contributed by atoms with E-state index in [-0.39, 0.29) is 12.4 Å². The summed E-state index contributed by atoms with van der Waals surface area (Å²) >= 11 is 0. The molecule has 0 aliphatic rings. The van der Waals surface area contributed by atoms with E-state index in [1.165, 1.54) is 6.07 Å². The molecule has 26 heavy (non-hydrogen) atoms. The third kappa shape index (κ3) is 5.56. The number of hydrogen-bond donors (Lipinski definition) is 1. The highest BCUT2D eigenvalue weighted by Crippen LogP contribution is 2.20. The van der Waals surface area contributed by atoms with Gasteiger partial charge in [0.1, 0.15) is 11.5 Å². The highest BCUT2D eigenvalue weighted by molar-refractivity contribution is 6.01. The fourth-order valence-corrected chi connectivity index (χ4v) is 1.98. The van der Waals surface area contributed by atoms with E-state index in [9.17, 15) is 13.6 Å². The van der Waals surface area contributed by atoms with Crippen molar-refractivity contribution in [1.29, 1.82) is 5.26 Å². The first kappa shape index (κ1) is 18.9. The molecule has 0 radical (unpaired) electrons. The van der Waals surface area contributed by atoms with Gasteiger partial charge in [-0.05, 0) is 43.3 Å². The number of nitrogens with one attached hydrogen (secondary N) is 1. The molecular formula is C18H15F2N3O3. The molecule has 2 aromatic rings. The smallest absolute Gasteiger partial charge is 0.387 e. The number of hydrazone groups is 1. The summed E-state index contributed by atoms with van der Waals surface area (Å²) in [5.74, 6) is -0.136. The van der Waals surface area contributed by atoms with Gasteiger partial charge in [-0.15, -0.1) is 0 Å². The third-order valence-electron chi connectivity index (χ3n) is 3.19. The first-order valence-corrected chi connectivity index (χ1v) is 7.50. The first-order chi connectivity index (χ1) is 12.5. The summed E-state index contributed by atoms with van der Waals surface area (Å²) in [5, 5.41) is 12.6. The molecule has 0 aliphatic heterocycles. The van der Waals surface area contributed by atoms with Gasteiger partial charge in [-0.2, -0.15) is 19.1 Å². The topological polar surface area (TPSA) is 83.7 Å². The number of halogens is 2. The van der Waals surface area contributed by atoms with E-state index in [4.69, 9.17) is 10.00 Å². The molecular weight excluding hydrogens is 344 g/mol. The third-order valence-corrected chi connectivity index (χ3v) is 3.19. The van der Waals surface area contributed by atoms with Crippen LogP contribution in [-0.4, -0.2) is 24.8 Å². The molecule has 0 bridgehead atoms. The predicted molar refractivity (Wildman–Crippen MR) is 90.1 cm³/mol. The maximum atomic E-state index is 12.4. The Morgan fingerprint density at radius 3 is 2.58 bits per heavy atom. The zero-order chi connectivity index (χ0) is 18.9. The number of benzene rings is 2. The fraction of sp³-hybridized carbons (Fsp3) is 0.167. The van der Waals surface area contributed by atoms with Crippen LogP contribution in [0.1, 0.15) is 18.1 Å². The van der Waals surface area contributed by atoms with Gasteiger partial charge in [0.15, 0.2) is 6.61 Å². The Morgan fingerprint density at radius 1 is 1.23 bits per heavy atom. The Balaban J connectivity index is 1.93. The lowest BCUT2D eigenvalue weighted by molar-refractivity contribution is -0.123. The summed E-state index contributed by atoms with van der Waals surface area (Å²) in [7, 11) is 0. The molecule has 0 atom stereocenters. The molecule has 2 aromatic carbocycles. The van der Waals surface area contributed by atoms with Gasteiger partial charge in [-0.3, -0.25) is 4.79 Å². The molecule has 0 fully saturated rings. The highest BCUT2D eigenvalue weighted by Gasteiger charge is 2.11. The fourth-order valence-electron chi connectivity index (χ4n) is 1.98. The van der Waals surface area contributed by atoms with E-state index < -0.39 is 12.5 Å². The van der Waals surface area contributed by atoms with Crippen molar-refractivity contribution in [2.75, 3.05) is 6.61 Å².